The van der Waals surface area contributed by atoms with Crippen molar-refractivity contribution < 1.29 is 20.1 Å². The van der Waals surface area contributed by atoms with Gasteiger partial charge in [-0.2, -0.15) is 4.39 Å². The molecule has 0 aliphatic rings. The molecule has 1 N–H and O–H groups in total. The average Bonchev–Trinajstić information content (AvgIpc) is 1.84. The zero-order valence-corrected chi connectivity index (χ0v) is 3.07. The molecule has 0 saturated carbocycles. The topological polar surface area (TPSA) is 37.3 Å². The molecule has 40 valence electrons. The Hall–Kier alpha value is -0.930. The number of carboxylic acid groups (broad SMARTS) is 1. The van der Waals surface area contributed by atoms with Crippen molar-refractivity contribution >= 4 is 5.97 Å². The summed E-state index contributed by atoms with van der Waals surface area (Å²) in [4.78, 5) is 9.75. The lowest BCUT2D eigenvalue weighted by Gasteiger charge is -1.77. The highest BCUT2D eigenvalue weighted by atomic mass is 19.2. The molecule has 0 aromatic rings. The molecule has 0 amide bonds. The second kappa shape index (κ2) is 2.28. The molecule has 0 fully saturated rings. The molecule has 7 heavy (non-hydrogen) atoms. The first-order chi connectivity index (χ1) is 4.09. The first-order valence-corrected chi connectivity index (χ1v) is 1.29. The van der Waals surface area contributed by atoms with Crippen LogP contribution in [0, 0.1) is 0 Å². The fraction of sp³-hybridized carbons (Fsp3) is 0. The molecule has 0 radical (unpaired) electrons. The van der Waals surface area contributed by atoms with E-state index >= 15 is 0 Å². The number of halogens is 2. The number of rotatable bonds is 1. The predicted molar refractivity (Wildman–Crippen MR) is 17.9 cm³/mol. The van der Waals surface area contributed by atoms with Crippen LogP contribution in [0.4, 0.5) is 8.78 Å². The van der Waals surface area contributed by atoms with Gasteiger partial charge in [0.25, 0.3) is 1.43 Å². The van der Waals surface area contributed by atoms with E-state index in [1.54, 1.807) is 0 Å². The van der Waals surface area contributed by atoms with Crippen molar-refractivity contribution in [3.8, 4) is 0 Å². The van der Waals surface area contributed by atoms with Gasteiger partial charge in [0.1, 0.15) is 6.31 Å². The average molecular weight is 110 g/mol. The third kappa shape index (κ3) is 1.86. The van der Waals surface area contributed by atoms with E-state index in [1.807, 2.05) is 0 Å². The van der Waals surface area contributed by atoms with E-state index in [1.165, 1.54) is 0 Å². The van der Waals surface area contributed by atoms with Crippen molar-refractivity contribution in [2.24, 2.45) is 0 Å². The molecule has 0 rings (SSSR count). The number of carboxylic acids is 1. The van der Waals surface area contributed by atoms with E-state index in [0.29, 0.717) is 0 Å². The van der Waals surface area contributed by atoms with Gasteiger partial charge in [0, 0.05) is 0 Å². The zero-order valence-electron chi connectivity index (χ0n) is 5.07. The van der Waals surface area contributed by atoms with Crippen LogP contribution in [0.25, 0.3) is 1.43 Å². The van der Waals surface area contributed by atoms with Crippen LogP contribution in [0.1, 0.15) is 1.37 Å². The number of hydrogen-bond acceptors (Lipinski definition) is 2. The Bertz CT molecular complexity index is 152. The highest BCUT2D eigenvalue weighted by molar-refractivity contribution is 5.83. The van der Waals surface area contributed by atoms with Crippen LogP contribution in [0.2, 0.25) is 0 Å². The molecular weight excluding hydrogens is 106 g/mol. The Morgan fingerprint density at radius 3 is 2.86 bits per heavy atom. The zero-order chi connectivity index (χ0) is 7.44. The van der Waals surface area contributed by atoms with Crippen molar-refractivity contribution in [2.45, 2.75) is 0 Å². The van der Waals surface area contributed by atoms with Gasteiger partial charge in [-0.05, 0) is 0 Å². The molecule has 2 nitrogen and oxygen atoms in total. The second-order valence-corrected chi connectivity index (χ2v) is 0.696. The molecular formula is C3H2F2O2. The maximum atomic E-state index is 11.6. The summed E-state index contributed by atoms with van der Waals surface area (Å²) in [5.41, 5.74) is 0. The maximum absolute atomic E-state index is 11.6. The molecule has 0 unspecified atom stereocenters. The smallest absolute Gasteiger partial charge is 0.367 e. The molecule has 0 bridgehead atoms. The first-order valence-electron chi connectivity index (χ1n) is 2.19. The minimum Gasteiger partial charge on any atom is -0.476 e. The van der Waals surface area contributed by atoms with Crippen molar-refractivity contribution in [1.29, 1.82) is 1.43 Å². The lowest BCUT2D eigenvalue weighted by Crippen LogP contribution is -1.92. The predicted octanol–water partition coefficient (Wildman–Crippen LogP) is 0.851. The molecule has 4 heteroatoms. The van der Waals surface area contributed by atoms with Crippen LogP contribution < -0.4 is 0 Å². The van der Waals surface area contributed by atoms with E-state index in [2.05, 4.69) is 5.11 Å². The van der Waals surface area contributed by atoms with Crippen LogP contribution >= 0.6 is 0 Å². The summed E-state index contributed by atoms with van der Waals surface area (Å²) >= 11 is 0. The van der Waals surface area contributed by atoms with Crippen molar-refractivity contribution in [1.82, 2.24) is 0 Å². The van der Waals surface area contributed by atoms with Crippen LogP contribution in [-0.2, 0) is 4.79 Å². The molecule has 0 saturated heterocycles. The van der Waals surface area contributed by atoms with Gasteiger partial charge in [-0.1, -0.05) is 0 Å². The minimum absolute atomic E-state index is 1.80. The monoisotopic (exact) mass is 110 g/mol. The Balaban J connectivity index is 4.21. The van der Waals surface area contributed by atoms with Crippen molar-refractivity contribution in [2.75, 3.05) is 0 Å². The molecule has 0 spiro atoms. The Kier molecular flexibility index (Phi) is 1.02. The van der Waals surface area contributed by atoms with Gasteiger partial charge in [0.15, 0.2) is 0 Å². The number of hydrogen-bond donors (Lipinski definition) is 1. The Morgan fingerprint density at radius 1 is 2.14 bits per heavy atom. The van der Waals surface area contributed by atoms with E-state index in [9.17, 15) is 13.6 Å². The summed E-state index contributed by atoms with van der Waals surface area (Å²) < 4.78 is 34.6. The van der Waals surface area contributed by atoms with Crippen LogP contribution in [0.15, 0.2) is 12.1 Å². The summed E-state index contributed by atoms with van der Waals surface area (Å²) in [6.07, 6.45) is -2.03. The van der Waals surface area contributed by atoms with Gasteiger partial charge in [-0.15, -0.1) is 0 Å². The normalized spacial score (nSPS) is 16.3. The largest absolute Gasteiger partial charge is 0.476 e. The molecule has 0 heterocycles. The van der Waals surface area contributed by atoms with Crippen LogP contribution in [-0.4, -0.2) is 11.1 Å². The summed E-state index contributed by atoms with van der Waals surface area (Å²) in [5.74, 6) is -3.80. The lowest BCUT2D eigenvalue weighted by atomic mass is 10.6. The number of aliphatic carboxylic acids is 1. The third-order valence-electron chi connectivity index (χ3n) is 0.262. The van der Waals surface area contributed by atoms with Gasteiger partial charge < -0.3 is 5.11 Å². The van der Waals surface area contributed by atoms with Crippen molar-refractivity contribution in [3.05, 3.63) is 12.1 Å². The van der Waals surface area contributed by atoms with Gasteiger partial charge in [-0.25, -0.2) is 9.18 Å². The molecule has 0 atom stereocenters. The molecule has 0 aromatic carbocycles. The lowest BCUT2D eigenvalue weighted by molar-refractivity contribution is -0.134. The standard InChI is InChI=1S/C3H2F2O2/c4-1-2(5)3(6)7/h1H,(H,6,7)/i1D/hD. The minimum atomic E-state index is -2.03. The van der Waals surface area contributed by atoms with E-state index in [0.717, 1.165) is 0 Å². The fourth-order valence-electron chi connectivity index (χ4n) is 0.0386. The van der Waals surface area contributed by atoms with Crippen molar-refractivity contribution in [3.63, 3.8) is 0 Å². The quantitative estimate of drug-likeness (QED) is 0.508. The molecule has 0 aliphatic carbocycles. The highest BCUT2D eigenvalue weighted by Crippen LogP contribution is 1.93. The third-order valence-corrected chi connectivity index (χ3v) is 0.262. The van der Waals surface area contributed by atoms with Gasteiger partial charge >= 0.3 is 5.97 Å². The fourth-order valence-corrected chi connectivity index (χ4v) is 0.0386. The summed E-state index contributed by atoms with van der Waals surface area (Å²) in [6, 6.07) is 0. The molecule has 0 aromatic heterocycles. The van der Waals surface area contributed by atoms with Gasteiger partial charge in [0.2, 0.25) is 5.83 Å². The second-order valence-electron chi connectivity index (χ2n) is 0.696. The summed E-state index contributed by atoms with van der Waals surface area (Å²) in [5, 5.41) is 2.99. The Morgan fingerprint density at radius 2 is 2.71 bits per heavy atom. The van der Waals surface area contributed by atoms with Crippen LogP contribution in [0.3, 0.4) is 0 Å². The van der Waals surface area contributed by atoms with E-state index in [-0.39, 0.29) is 0 Å². The van der Waals surface area contributed by atoms with E-state index in [4.69, 9.17) is 2.80 Å². The van der Waals surface area contributed by atoms with Gasteiger partial charge in [0.05, 0.1) is 1.37 Å². The summed E-state index contributed by atoms with van der Waals surface area (Å²) in [6.45, 7) is 0. The molecule has 0 aliphatic heterocycles. The first kappa shape index (κ1) is 3.12. The Labute approximate surface area is 41.0 Å². The highest BCUT2D eigenvalue weighted by Gasteiger charge is 2.02. The summed E-state index contributed by atoms with van der Waals surface area (Å²) in [7, 11) is 0. The maximum Gasteiger partial charge on any atom is 0.367 e. The van der Waals surface area contributed by atoms with Gasteiger partial charge in [-0.3, -0.25) is 0 Å². The number of carbonyl (C=O) groups is 1. The SMILES string of the molecule is [2H]OC(=O)C(F)=C([2H])F. The van der Waals surface area contributed by atoms with Crippen LogP contribution in [0.5, 0.6) is 0 Å². The van der Waals surface area contributed by atoms with E-state index < -0.39 is 18.1 Å².